The molecule has 1 aliphatic rings. The van der Waals surface area contributed by atoms with Crippen LogP contribution in [0.3, 0.4) is 0 Å². The predicted octanol–water partition coefficient (Wildman–Crippen LogP) is 2.94. The maximum Gasteiger partial charge on any atom is 0.157 e. The summed E-state index contributed by atoms with van der Waals surface area (Å²) in [6.07, 6.45) is 4.44. The second-order valence-electron chi connectivity index (χ2n) is 4.99. The van der Waals surface area contributed by atoms with Crippen molar-refractivity contribution in [2.24, 2.45) is 0 Å². The van der Waals surface area contributed by atoms with Crippen LogP contribution >= 0.6 is 0 Å². The maximum atomic E-state index is 13.2. The molecule has 0 amide bonds. The minimum absolute atomic E-state index is 0.101. The number of nitrogens with zero attached hydrogens (tertiary/aromatic N) is 1. The van der Waals surface area contributed by atoms with Gasteiger partial charge in [0.15, 0.2) is 9.84 Å². The Morgan fingerprint density at radius 3 is 2.58 bits per heavy atom. The third-order valence-electron chi connectivity index (χ3n) is 3.58. The highest BCUT2D eigenvalue weighted by molar-refractivity contribution is 7.91. The monoisotopic (exact) mass is 281 g/mol. The van der Waals surface area contributed by atoms with E-state index in [1.807, 2.05) is 0 Å². The van der Waals surface area contributed by atoms with Crippen molar-refractivity contribution in [3.05, 3.63) is 35.1 Å². The van der Waals surface area contributed by atoms with Gasteiger partial charge >= 0.3 is 0 Å². The van der Waals surface area contributed by atoms with Crippen molar-refractivity contribution < 1.29 is 12.8 Å². The topological polar surface area (TPSA) is 57.9 Å². The van der Waals surface area contributed by atoms with Crippen molar-refractivity contribution in [1.29, 1.82) is 5.26 Å². The molecule has 1 aromatic carbocycles. The molecule has 0 atom stereocenters. The van der Waals surface area contributed by atoms with Gasteiger partial charge in [0.2, 0.25) is 0 Å². The van der Waals surface area contributed by atoms with E-state index >= 15 is 0 Å². The molecule has 0 bridgehead atoms. The van der Waals surface area contributed by atoms with Gasteiger partial charge in [-0.15, -0.1) is 0 Å². The number of rotatable bonds is 3. The van der Waals surface area contributed by atoms with Gasteiger partial charge in [-0.25, -0.2) is 12.8 Å². The molecule has 19 heavy (non-hydrogen) atoms. The van der Waals surface area contributed by atoms with E-state index in [-0.39, 0.29) is 16.6 Å². The Labute approximate surface area is 113 Å². The highest BCUT2D eigenvalue weighted by Crippen LogP contribution is 2.26. The van der Waals surface area contributed by atoms with Crippen LogP contribution in [0.4, 0.5) is 4.39 Å². The molecular weight excluding hydrogens is 265 g/mol. The second kappa shape index (κ2) is 5.70. The fraction of sp³-hybridized carbons (Fsp3) is 0.500. The van der Waals surface area contributed by atoms with Gasteiger partial charge in [-0.05, 0) is 30.5 Å². The van der Waals surface area contributed by atoms with Gasteiger partial charge in [0.1, 0.15) is 11.9 Å². The first kappa shape index (κ1) is 14.0. The van der Waals surface area contributed by atoms with E-state index < -0.39 is 15.7 Å². The Morgan fingerprint density at radius 2 is 1.95 bits per heavy atom. The number of nitriles is 1. The van der Waals surface area contributed by atoms with Crippen LogP contribution in [0.5, 0.6) is 0 Å². The third-order valence-corrected chi connectivity index (χ3v) is 5.80. The van der Waals surface area contributed by atoms with Crippen molar-refractivity contribution >= 4 is 9.84 Å². The second-order valence-corrected chi connectivity index (χ2v) is 7.27. The lowest BCUT2D eigenvalue weighted by Gasteiger charge is -2.21. The molecule has 0 N–H and O–H groups in total. The Balaban J connectivity index is 2.18. The van der Waals surface area contributed by atoms with E-state index in [4.69, 9.17) is 5.26 Å². The van der Waals surface area contributed by atoms with Gasteiger partial charge in [0, 0.05) is 0 Å². The van der Waals surface area contributed by atoms with Gasteiger partial charge < -0.3 is 0 Å². The summed E-state index contributed by atoms with van der Waals surface area (Å²) in [5.41, 5.74) is 0.389. The van der Waals surface area contributed by atoms with Crippen LogP contribution in [-0.2, 0) is 15.6 Å². The molecule has 0 spiro atoms. The Morgan fingerprint density at radius 1 is 1.26 bits per heavy atom. The van der Waals surface area contributed by atoms with Gasteiger partial charge in [0.25, 0.3) is 0 Å². The molecule has 0 saturated heterocycles. The minimum atomic E-state index is -3.21. The molecule has 3 nitrogen and oxygen atoms in total. The van der Waals surface area contributed by atoms with Gasteiger partial charge in [-0.3, -0.25) is 0 Å². The fourth-order valence-corrected chi connectivity index (χ4v) is 4.45. The van der Waals surface area contributed by atoms with E-state index in [0.717, 1.165) is 25.3 Å². The lowest BCUT2D eigenvalue weighted by atomic mass is 10.0. The van der Waals surface area contributed by atoms with Crippen LogP contribution < -0.4 is 0 Å². The first-order valence-corrected chi connectivity index (χ1v) is 8.14. The molecule has 0 radical (unpaired) electrons. The van der Waals surface area contributed by atoms with Crippen LogP contribution in [0, 0.1) is 17.1 Å². The lowest BCUT2D eigenvalue weighted by Crippen LogP contribution is -2.25. The van der Waals surface area contributed by atoms with Crippen molar-refractivity contribution in [3.63, 3.8) is 0 Å². The largest absolute Gasteiger partial charge is 0.228 e. The molecule has 1 aliphatic carbocycles. The number of hydrogen-bond donors (Lipinski definition) is 0. The summed E-state index contributed by atoms with van der Waals surface area (Å²) in [5, 5.41) is 8.47. The predicted molar refractivity (Wildman–Crippen MR) is 70.6 cm³/mol. The van der Waals surface area contributed by atoms with E-state index in [0.29, 0.717) is 18.4 Å². The first-order valence-electron chi connectivity index (χ1n) is 6.43. The van der Waals surface area contributed by atoms with E-state index in [2.05, 4.69) is 0 Å². The summed E-state index contributed by atoms with van der Waals surface area (Å²) < 4.78 is 37.7. The van der Waals surface area contributed by atoms with E-state index in [1.54, 1.807) is 6.07 Å². The summed E-state index contributed by atoms with van der Waals surface area (Å²) in [5.74, 6) is -0.714. The highest BCUT2D eigenvalue weighted by Gasteiger charge is 2.27. The number of benzene rings is 1. The van der Waals surface area contributed by atoms with Crippen molar-refractivity contribution in [2.75, 3.05) is 0 Å². The molecule has 102 valence electrons. The summed E-state index contributed by atoms with van der Waals surface area (Å²) in [4.78, 5) is 0. The fourth-order valence-electron chi connectivity index (χ4n) is 2.52. The van der Waals surface area contributed by atoms with Crippen molar-refractivity contribution in [2.45, 2.75) is 43.1 Å². The van der Waals surface area contributed by atoms with E-state index in [1.165, 1.54) is 12.1 Å². The number of hydrogen-bond acceptors (Lipinski definition) is 3. The maximum absolute atomic E-state index is 13.2. The molecule has 0 aliphatic heterocycles. The van der Waals surface area contributed by atoms with Crippen LogP contribution in [0.25, 0.3) is 0 Å². The van der Waals surface area contributed by atoms with Gasteiger partial charge in [-0.2, -0.15) is 5.26 Å². The minimum Gasteiger partial charge on any atom is -0.228 e. The standard InChI is InChI=1S/C14H16FNO2S/c15-14-7-6-11(8-12(14)9-16)10-19(17,18)13-4-2-1-3-5-13/h6-8,13H,1-5,10H2. The zero-order valence-corrected chi connectivity index (χ0v) is 11.4. The Kier molecular flexibility index (Phi) is 4.20. The van der Waals surface area contributed by atoms with Crippen LogP contribution in [0.15, 0.2) is 18.2 Å². The highest BCUT2D eigenvalue weighted by atomic mass is 32.2. The number of halogens is 1. The van der Waals surface area contributed by atoms with Crippen molar-refractivity contribution in [3.8, 4) is 6.07 Å². The molecule has 1 aromatic rings. The SMILES string of the molecule is N#Cc1cc(CS(=O)(=O)C2CCCCC2)ccc1F. The Bertz CT molecular complexity index is 598. The Hall–Kier alpha value is -1.41. The molecule has 1 fully saturated rings. The zero-order valence-electron chi connectivity index (χ0n) is 10.6. The van der Waals surface area contributed by atoms with Gasteiger partial charge in [-0.1, -0.05) is 25.3 Å². The van der Waals surface area contributed by atoms with Gasteiger partial charge in [0.05, 0.1) is 16.6 Å². The summed E-state index contributed by atoms with van der Waals surface area (Å²) in [6.45, 7) is 0. The average molecular weight is 281 g/mol. The molecule has 0 aromatic heterocycles. The first-order chi connectivity index (χ1) is 9.03. The van der Waals surface area contributed by atoms with Crippen molar-refractivity contribution in [1.82, 2.24) is 0 Å². The zero-order chi connectivity index (χ0) is 13.9. The molecule has 1 saturated carbocycles. The van der Waals surface area contributed by atoms with E-state index in [9.17, 15) is 12.8 Å². The lowest BCUT2D eigenvalue weighted by molar-refractivity contribution is 0.483. The van der Waals surface area contributed by atoms with Crippen LogP contribution in [-0.4, -0.2) is 13.7 Å². The van der Waals surface area contributed by atoms with Crippen LogP contribution in [0.1, 0.15) is 43.2 Å². The molecule has 0 unspecified atom stereocenters. The number of sulfone groups is 1. The summed E-state index contributed by atoms with van der Waals surface area (Å²) in [6, 6.07) is 5.66. The molecule has 2 rings (SSSR count). The molecule has 0 heterocycles. The normalized spacial score (nSPS) is 17.1. The van der Waals surface area contributed by atoms with Crippen LogP contribution in [0.2, 0.25) is 0 Å². The molecule has 5 heteroatoms. The third kappa shape index (κ3) is 3.32. The summed E-state index contributed by atoms with van der Waals surface area (Å²) >= 11 is 0. The quantitative estimate of drug-likeness (QED) is 0.856. The summed E-state index contributed by atoms with van der Waals surface area (Å²) in [7, 11) is -3.21. The smallest absolute Gasteiger partial charge is 0.157 e. The average Bonchev–Trinajstić information content (AvgIpc) is 2.42. The molecular formula is C14H16FNO2S.